The van der Waals surface area contributed by atoms with Crippen LogP contribution < -0.4 is 5.32 Å². The fourth-order valence-electron chi connectivity index (χ4n) is 2.33. The number of nitrogens with one attached hydrogen (secondary N) is 2. The Morgan fingerprint density at radius 2 is 2.10 bits per heavy atom. The van der Waals surface area contributed by atoms with E-state index in [0.717, 1.165) is 6.54 Å². The Hall–Kier alpha value is -0.960. The lowest BCUT2D eigenvalue weighted by atomic mass is 10.3. The summed E-state index contributed by atoms with van der Waals surface area (Å²) in [5.41, 5.74) is 1.09. The molecule has 0 fully saturated rings. The summed E-state index contributed by atoms with van der Waals surface area (Å²) in [6.07, 6.45) is 0. The zero-order valence-corrected chi connectivity index (χ0v) is 14.2. The highest BCUT2D eigenvalue weighted by molar-refractivity contribution is 7.89. The molecule has 8 heteroatoms. The zero-order chi connectivity index (χ0) is 16.0. The Bertz CT molecular complexity index is 542. The van der Waals surface area contributed by atoms with E-state index in [1.165, 1.54) is 4.31 Å². The van der Waals surface area contributed by atoms with Gasteiger partial charge in [-0.3, -0.25) is 5.10 Å². The molecule has 1 aromatic heterocycles. The van der Waals surface area contributed by atoms with Gasteiger partial charge in [-0.05, 0) is 20.4 Å². The number of nitrogens with zero attached hydrogens (tertiary/aromatic N) is 2. The van der Waals surface area contributed by atoms with Crippen LogP contribution in [-0.2, 0) is 21.3 Å². The molecule has 0 amide bonds. The Labute approximate surface area is 127 Å². The molecule has 2 N–H and O–H groups in total. The highest BCUT2D eigenvalue weighted by atomic mass is 32.2. The molecular weight excluding hydrogens is 292 g/mol. The van der Waals surface area contributed by atoms with E-state index in [1.54, 1.807) is 14.0 Å². The monoisotopic (exact) mass is 318 g/mol. The van der Waals surface area contributed by atoms with Gasteiger partial charge in [0, 0.05) is 26.2 Å². The molecule has 1 unspecified atom stereocenters. The lowest BCUT2D eigenvalue weighted by molar-refractivity contribution is 0.142. The number of rotatable bonds is 9. The predicted molar refractivity (Wildman–Crippen MR) is 81.6 cm³/mol. The summed E-state index contributed by atoms with van der Waals surface area (Å²) in [4.78, 5) is 0.272. The third-order valence-corrected chi connectivity index (χ3v) is 5.57. The lowest BCUT2D eigenvalue weighted by Gasteiger charge is -2.26. The largest absolute Gasteiger partial charge is 0.383 e. The molecule has 0 saturated heterocycles. The van der Waals surface area contributed by atoms with Gasteiger partial charge in [-0.1, -0.05) is 13.8 Å². The van der Waals surface area contributed by atoms with Crippen LogP contribution >= 0.6 is 0 Å². The minimum atomic E-state index is -3.60. The maximum absolute atomic E-state index is 12.9. The van der Waals surface area contributed by atoms with Crippen molar-refractivity contribution in [3.05, 3.63) is 11.4 Å². The fraction of sp³-hybridized carbons (Fsp3) is 0.769. The molecule has 0 aliphatic carbocycles. The third-order valence-electron chi connectivity index (χ3n) is 3.28. The minimum absolute atomic E-state index is 0.230. The summed E-state index contributed by atoms with van der Waals surface area (Å²) in [6, 6.07) is -0.230. The van der Waals surface area contributed by atoms with E-state index in [9.17, 15) is 8.42 Å². The predicted octanol–water partition coefficient (Wildman–Crippen LogP) is 0.873. The number of likely N-dealkylation sites (N-methyl/N-ethyl adjacent to an activating group) is 1. The van der Waals surface area contributed by atoms with Crippen LogP contribution in [0.1, 0.15) is 32.2 Å². The molecule has 1 heterocycles. The Balaban J connectivity index is 3.19. The van der Waals surface area contributed by atoms with Gasteiger partial charge in [-0.2, -0.15) is 9.40 Å². The normalized spacial score (nSPS) is 13.8. The standard InChI is InChI=1S/C13H26N4O3S/c1-6-14-8-12-13(11(4)15-16-12)21(18,19)17(7-2)10(3)9-20-5/h10,14H,6-9H2,1-5H3,(H,15,16). The number of hydrogen-bond acceptors (Lipinski definition) is 5. The van der Waals surface area contributed by atoms with E-state index < -0.39 is 10.0 Å². The fourth-order valence-corrected chi connectivity index (χ4v) is 4.29. The van der Waals surface area contributed by atoms with Gasteiger partial charge < -0.3 is 10.1 Å². The molecule has 0 aliphatic rings. The lowest BCUT2D eigenvalue weighted by Crippen LogP contribution is -2.41. The van der Waals surface area contributed by atoms with Gasteiger partial charge in [0.1, 0.15) is 4.90 Å². The number of aromatic nitrogens is 2. The molecule has 7 nitrogen and oxygen atoms in total. The van der Waals surface area contributed by atoms with E-state index in [-0.39, 0.29) is 10.9 Å². The van der Waals surface area contributed by atoms with Gasteiger partial charge in [0.25, 0.3) is 0 Å². The van der Waals surface area contributed by atoms with Crippen LogP contribution in [0.15, 0.2) is 4.90 Å². The number of ether oxygens (including phenoxy) is 1. The van der Waals surface area contributed by atoms with Crippen molar-refractivity contribution in [2.75, 3.05) is 26.8 Å². The Morgan fingerprint density at radius 1 is 1.43 bits per heavy atom. The number of methoxy groups -OCH3 is 1. The summed E-state index contributed by atoms with van der Waals surface area (Å²) < 4.78 is 32.4. The zero-order valence-electron chi connectivity index (χ0n) is 13.4. The smallest absolute Gasteiger partial charge is 0.247 e. The molecule has 0 bridgehead atoms. The van der Waals surface area contributed by atoms with Crippen molar-refractivity contribution < 1.29 is 13.2 Å². The quantitative estimate of drug-likeness (QED) is 0.705. The van der Waals surface area contributed by atoms with E-state index >= 15 is 0 Å². The number of sulfonamides is 1. The van der Waals surface area contributed by atoms with E-state index in [0.29, 0.717) is 31.1 Å². The molecule has 0 aromatic carbocycles. The topological polar surface area (TPSA) is 87.3 Å². The first-order valence-corrected chi connectivity index (χ1v) is 8.59. The van der Waals surface area contributed by atoms with Crippen LogP contribution in [0.2, 0.25) is 0 Å². The molecule has 21 heavy (non-hydrogen) atoms. The summed E-state index contributed by atoms with van der Waals surface area (Å²) in [5, 5.41) is 10.0. The molecule has 0 radical (unpaired) electrons. The maximum Gasteiger partial charge on any atom is 0.247 e. The Kier molecular flexibility index (Phi) is 6.79. The average molecular weight is 318 g/mol. The van der Waals surface area contributed by atoms with Crippen LogP contribution in [0.5, 0.6) is 0 Å². The van der Waals surface area contributed by atoms with Gasteiger partial charge in [-0.25, -0.2) is 8.42 Å². The van der Waals surface area contributed by atoms with Gasteiger partial charge >= 0.3 is 0 Å². The highest BCUT2D eigenvalue weighted by Gasteiger charge is 2.32. The van der Waals surface area contributed by atoms with Crippen molar-refractivity contribution in [2.45, 2.75) is 45.2 Å². The van der Waals surface area contributed by atoms with Crippen molar-refractivity contribution in [1.29, 1.82) is 0 Å². The van der Waals surface area contributed by atoms with Crippen LogP contribution in [-0.4, -0.2) is 55.8 Å². The molecule has 0 aliphatic heterocycles. The summed E-state index contributed by atoms with van der Waals surface area (Å²) in [6.45, 7) is 9.27. The van der Waals surface area contributed by atoms with Crippen molar-refractivity contribution in [1.82, 2.24) is 19.8 Å². The maximum atomic E-state index is 12.9. The molecule has 122 valence electrons. The second kappa shape index (κ2) is 7.88. The van der Waals surface area contributed by atoms with E-state index in [2.05, 4.69) is 15.5 Å². The Morgan fingerprint density at radius 3 is 2.62 bits per heavy atom. The molecule has 1 atom stereocenters. The van der Waals surface area contributed by atoms with Crippen LogP contribution in [0.4, 0.5) is 0 Å². The number of hydrogen-bond donors (Lipinski definition) is 2. The van der Waals surface area contributed by atoms with Crippen LogP contribution in [0, 0.1) is 6.92 Å². The van der Waals surface area contributed by atoms with E-state index in [1.807, 2.05) is 20.8 Å². The summed E-state index contributed by atoms with van der Waals surface area (Å²) >= 11 is 0. The highest BCUT2D eigenvalue weighted by Crippen LogP contribution is 2.23. The minimum Gasteiger partial charge on any atom is -0.383 e. The number of aryl methyl sites for hydroxylation is 1. The van der Waals surface area contributed by atoms with Gasteiger partial charge in [0.05, 0.1) is 18.0 Å². The van der Waals surface area contributed by atoms with E-state index in [4.69, 9.17) is 4.74 Å². The molecule has 0 spiro atoms. The van der Waals surface area contributed by atoms with Gasteiger partial charge in [0.15, 0.2) is 0 Å². The van der Waals surface area contributed by atoms with Crippen molar-refractivity contribution >= 4 is 10.0 Å². The van der Waals surface area contributed by atoms with Gasteiger partial charge in [0.2, 0.25) is 10.0 Å². The van der Waals surface area contributed by atoms with Crippen LogP contribution in [0.25, 0.3) is 0 Å². The van der Waals surface area contributed by atoms with Crippen molar-refractivity contribution in [3.8, 4) is 0 Å². The summed E-state index contributed by atoms with van der Waals surface area (Å²) in [7, 11) is -2.04. The summed E-state index contributed by atoms with van der Waals surface area (Å²) in [5.74, 6) is 0. The van der Waals surface area contributed by atoms with Crippen molar-refractivity contribution in [3.63, 3.8) is 0 Å². The molecular formula is C13H26N4O3S. The molecule has 1 rings (SSSR count). The van der Waals surface area contributed by atoms with Crippen molar-refractivity contribution in [2.24, 2.45) is 0 Å². The molecule has 0 saturated carbocycles. The number of H-pyrrole nitrogens is 1. The first-order chi connectivity index (χ1) is 9.89. The second-order valence-electron chi connectivity index (χ2n) is 4.92. The average Bonchev–Trinajstić information content (AvgIpc) is 2.79. The molecule has 1 aromatic rings. The number of aromatic amines is 1. The third kappa shape index (κ3) is 4.03. The SMILES string of the molecule is CCNCc1n[nH]c(C)c1S(=O)(=O)N(CC)C(C)COC. The van der Waals surface area contributed by atoms with Gasteiger partial charge in [-0.15, -0.1) is 0 Å². The van der Waals surface area contributed by atoms with Crippen LogP contribution in [0.3, 0.4) is 0 Å². The second-order valence-corrected chi connectivity index (χ2v) is 6.74. The first kappa shape index (κ1) is 18.1. The first-order valence-electron chi connectivity index (χ1n) is 7.15.